The zero-order valence-corrected chi connectivity index (χ0v) is 13.1. The molecule has 2 aromatic rings. The van der Waals surface area contributed by atoms with Gasteiger partial charge in [0.15, 0.2) is 5.69 Å². The lowest BCUT2D eigenvalue weighted by Crippen LogP contribution is -2.11. The number of carbonyl (C=O) groups is 1. The van der Waals surface area contributed by atoms with E-state index in [1.807, 2.05) is 10.7 Å². The maximum Gasteiger partial charge on any atom is 0.358 e. The fourth-order valence-corrected chi connectivity index (χ4v) is 2.22. The number of ether oxygens (including phenoxy) is 1. The number of aromatic nitrogens is 2. The number of hydrogen-bond acceptors (Lipinski definition) is 3. The average Bonchev–Trinajstić information content (AvgIpc) is 2.82. The summed E-state index contributed by atoms with van der Waals surface area (Å²) in [5, 5.41) is 4.38. The molecule has 4 nitrogen and oxygen atoms in total. The second-order valence-electron chi connectivity index (χ2n) is 5.75. The summed E-state index contributed by atoms with van der Waals surface area (Å²) < 4.78 is 6.67. The van der Waals surface area contributed by atoms with Crippen molar-refractivity contribution >= 4 is 5.97 Å². The lowest BCUT2D eigenvalue weighted by molar-refractivity contribution is 0.0592. The molecule has 0 atom stereocenters. The zero-order chi connectivity index (χ0) is 15.4. The minimum absolute atomic E-state index is 0.375. The van der Waals surface area contributed by atoms with Crippen molar-refractivity contribution in [2.24, 2.45) is 5.92 Å². The number of esters is 1. The smallest absolute Gasteiger partial charge is 0.358 e. The van der Waals surface area contributed by atoms with Gasteiger partial charge in [0, 0.05) is 18.7 Å². The minimum atomic E-state index is -0.386. The molecule has 0 fully saturated rings. The van der Waals surface area contributed by atoms with Crippen molar-refractivity contribution in [3.8, 4) is 0 Å². The van der Waals surface area contributed by atoms with Crippen LogP contribution in [0.25, 0.3) is 0 Å². The minimum Gasteiger partial charge on any atom is -0.464 e. The lowest BCUT2D eigenvalue weighted by atomic mass is 10.1. The summed E-state index contributed by atoms with van der Waals surface area (Å²) in [4.78, 5) is 11.7. The summed E-state index contributed by atoms with van der Waals surface area (Å²) in [5.41, 5.74) is 3.86. The molecule has 4 heteroatoms. The average molecular weight is 286 g/mol. The van der Waals surface area contributed by atoms with Crippen LogP contribution in [0.2, 0.25) is 0 Å². The molecule has 0 saturated heterocycles. The molecule has 1 heterocycles. The lowest BCUT2D eigenvalue weighted by Gasteiger charge is -2.10. The van der Waals surface area contributed by atoms with Crippen LogP contribution in [0.1, 0.15) is 41.2 Å². The summed E-state index contributed by atoms with van der Waals surface area (Å²) in [6, 6.07) is 10.2. The van der Waals surface area contributed by atoms with E-state index in [2.05, 4.69) is 50.1 Å². The van der Waals surface area contributed by atoms with E-state index in [-0.39, 0.29) is 5.97 Å². The van der Waals surface area contributed by atoms with E-state index in [9.17, 15) is 4.79 Å². The number of nitrogens with zero attached hydrogens (tertiary/aromatic N) is 2. The topological polar surface area (TPSA) is 44.1 Å². The molecular formula is C17H22N2O2. The Labute approximate surface area is 125 Å². The Kier molecular flexibility index (Phi) is 4.78. The maximum atomic E-state index is 11.7. The second kappa shape index (κ2) is 6.57. The third-order valence-electron chi connectivity index (χ3n) is 3.30. The second-order valence-corrected chi connectivity index (χ2v) is 5.75. The number of aryl methyl sites for hydroxylation is 1. The standard InChI is InChI=1S/C17H22N2O2/c1-12(2)11-19-15(10-16(18-19)17(20)21-4)9-14-7-5-13(3)6-8-14/h5-8,10,12H,9,11H2,1-4H3. The largest absolute Gasteiger partial charge is 0.464 e. The predicted molar refractivity (Wildman–Crippen MR) is 82.4 cm³/mol. The first-order valence-electron chi connectivity index (χ1n) is 7.20. The van der Waals surface area contributed by atoms with Gasteiger partial charge in [-0.25, -0.2) is 4.79 Å². The summed E-state index contributed by atoms with van der Waals surface area (Å²) in [5.74, 6) is 0.0785. The molecule has 0 aliphatic rings. The molecule has 1 aromatic heterocycles. The van der Waals surface area contributed by atoms with E-state index in [0.717, 1.165) is 18.7 Å². The third kappa shape index (κ3) is 3.94. The molecule has 0 saturated carbocycles. The highest BCUT2D eigenvalue weighted by molar-refractivity contribution is 5.87. The van der Waals surface area contributed by atoms with Crippen LogP contribution < -0.4 is 0 Å². The Bertz CT molecular complexity index is 612. The molecule has 0 aliphatic carbocycles. The fourth-order valence-electron chi connectivity index (χ4n) is 2.22. The van der Waals surface area contributed by atoms with Gasteiger partial charge in [-0.2, -0.15) is 5.10 Å². The first-order valence-corrected chi connectivity index (χ1v) is 7.20. The summed E-state index contributed by atoms with van der Waals surface area (Å²) in [7, 11) is 1.38. The van der Waals surface area contributed by atoms with Crippen molar-refractivity contribution in [1.82, 2.24) is 9.78 Å². The molecule has 2 rings (SSSR count). The van der Waals surface area contributed by atoms with Gasteiger partial charge in [0.2, 0.25) is 0 Å². The Balaban J connectivity index is 2.29. The number of hydrogen-bond donors (Lipinski definition) is 0. The Morgan fingerprint density at radius 2 is 1.95 bits per heavy atom. The van der Waals surface area contributed by atoms with Crippen LogP contribution in [-0.2, 0) is 17.7 Å². The van der Waals surface area contributed by atoms with E-state index in [4.69, 9.17) is 4.74 Å². The number of carbonyl (C=O) groups excluding carboxylic acids is 1. The highest BCUT2D eigenvalue weighted by Crippen LogP contribution is 2.14. The monoisotopic (exact) mass is 286 g/mol. The molecule has 0 radical (unpaired) electrons. The van der Waals surface area contributed by atoms with Gasteiger partial charge in [0.05, 0.1) is 7.11 Å². The van der Waals surface area contributed by atoms with Crippen molar-refractivity contribution in [3.63, 3.8) is 0 Å². The maximum absolute atomic E-state index is 11.7. The van der Waals surface area contributed by atoms with Crippen molar-refractivity contribution < 1.29 is 9.53 Å². The molecule has 0 unspecified atom stereocenters. The molecule has 0 N–H and O–H groups in total. The number of benzene rings is 1. The van der Waals surface area contributed by atoms with Crippen LogP contribution in [0.4, 0.5) is 0 Å². The van der Waals surface area contributed by atoms with Crippen molar-refractivity contribution in [3.05, 3.63) is 52.8 Å². The van der Waals surface area contributed by atoms with Crippen LogP contribution in [0, 0.1) is 12.8 Å². The third-order valence-corrected chi connectivity index (χ3v) is 3.30. The van der Waals surface area contributed by atoms with E-state index in [1.54, 1.807) is 0 Å². The molecule has 0 bridgehead atoms. The molecule has 0 spiro atoms. The van der Waals surface area contributed by atoms with Crippen molar-refractivity contribution in [1.29, 1.82) is 0 Å². The van der Waals surface area contributed by atoms with Crippen molar-refractivity contribution in [2.75, 3.05) is 7.11 Å². The quantitative estimate of drug-likeness (QED) is 0.793. The zero-order valence-electron chi connectivity index (χ0n) is 13.1. The summed E-state index contributed by atoms with van der Waals surface area (Å²) in [6.07, 6.45) is 0.761. The molecule has 0 amide bonds. The van der Waals surface area contributed by atoms with Gasteiger partial charge in [0.25, 0.3) is 0 Å². The van der Waals surface area contributed by atoms with E-state index >= 15 is 0 Å². The first-order chi connectivity index (χ1) is 9.99. The highest BCUT2D eigenvalue weighted by Gasteiger charge is 2.15. The van der Waals surface area contributed by atoms with Gasteiger partial charge in [-0.15, -0.1) is 0 Å². The molecule has 112 valence electrons. The van der Waals surface area contributed by atoms with Gasteiger partial charge in [-0.3, -0.25) is 4.68 Å². The molecule has 1 aromatic carbocycles. The van der Waals surface area contributed by atoms with Crippen LogP contribution in [0.5, 0.6) is 0 Å². The van der Waals surface area contributed by atoms with Gasteiger partial charge >= 0.3 is 5.97 Å². The van der Waals surface area contributed by atoms with Gasteiger partial charge in [-0.05, 0) is 24.5 Å². The van der Waals surface area contributed by atoms with E-state index in [1.165, 1.54) is 18.2 Å². The van der Waals surface area contributed by atoms with Crippen LogP contribution >= 0.6 is 0 Å². The SMILES string of the molecule is COC(=O)c1cc(Cc2ccc(C)cc2)n(CC(C)C)n1. The van der Waals surface area contributed by atoms with Crippen molar-refractivity contribution in [2.45, 2.75) is 33.7 Å². The van der Waals surface area contributed by atoms with Crippen LogP contribution in [0.3, 0.4) is 0 Å². The molecule has 21 heavy (non-hydrogen) atoms. The summed E-state index contributed by atoms with van der Waals surface area (Å²) >= 11 is 0. The van der Waals surface area contributed by atoms with Gasteiger partial charge < -0.3 is 4.74 Å². The Morgan fingerprint density at radius 3 is 2.52 bits per heavy atom. The number of rotatable bonds is 5. The Hall–Kier alpha value is -2.10. The van der Waals surface area contributed by atoms with E-state index in [0.29, 0.717) is 11.6 Å². The summed E-state index contributed by atoms with van der Waals surface area (Å²) in [6.45, 7) is 7.13. The molecule has 0 aliphatic heterocycles. The Morgan fingerprint density at radius 1 is 1.29 bits per heavy atom. The van der Waals surface area contributed by atoms with Gasteiger partial charge in [0.1, 0.15) is 0 Å². The number of methoxy groups -OCH3 is 1. The predicted octanol–water partition coefficient (Wildman–Crippen LogP) is 3.22. The van der Waals surface area contributed by atoms with Crippen LogP contribution in [-0.4, -0.2) is 22.9 Å². The van der Waals surface area contributed by atoms with E-state index < -0.39 is 0 Å². The fraction of sp³-hybridized carbons (Fsp3) is 0.412. The van der Waals surface area contributed by atoms with Gasteiger partial charge in [-0.1, -0.05) is 43.7 Å². The highest BCUT2D eigenvalue weighted by atomic mass is 16.5. The molecular weight excluding hydrogens is 264 g/mol. The first kappa shape index (κ1) is 15.3. The normalized spacial score (nSPS) is 10.9. The van der Waals surface area contributed by atoms with Crippen LogP contribution in [0.15, 0.2) is 30.3 Å².